The first kappa shape index (κ1) is 71.3. The van der Waals surface area contributed by atoms with Gasteiger partial charge in [-0.1, -0.05) is 345 Å². The normalized spacial score (nSPS) is 12.0. The fraction of sp³-hybridized carbons (Fsp3) is 0. The number of rotatable bonds is 11. The Morgan fingerprint density at radius 2 is 0.496 bits per heavy atom. The Morgan fingerprint density at radius 3 is 0.884 bits per heavy atom. The molecule has 0 atom stereocenters. The molecule has 0 saturated carbocycles. The van der Waals surface area contributed by atoms with Crippen LogP contribution in [0.3, 0.4) is 0 Å². The zero-order chi connectivity index (χ0) is 79.9. The van der Waals surface area contributed by atoms with Crippen LogP contribution in [-0.2, 0) is 0 Å². The van der Waals surface area contributed by atoms with Gasteiger partial charge in [0.15, 0.2) is 17.5 Å². The van der Waals surface area contributed by atoms with E-state index in [1.54, 1.807) is 11.8 Å². The summed E-state index contributed by atoms with van der Waals surface area (Å²) >= 11 is 5.44. The van der Waals surface area contributed by atoms with E-state index in [0.717, 1.165) is 94.1 Å². The molecule has 0 fully saturated rings. The SMILES string of the molecule is c1ccc(-c2cc(-c3ccccc3)cc(-c3cccc4c3Sc3cccc5nc(-c6ccccc6)n-4c35)c2)cc1.c1ccc(-c2nc(-c3ccccc3)nc(-c3cccc4c3Sc3cccc5nc(-c6ccccc6)n-4c35)n2)cc1.c1ccc(-c2nc3cccc4c3n2-c2cccc(-c3ccc(-n5c6ccccc6c6ccccc65)cc3)c2S4)cc1. The lowest BCUT2D eigenvalue weighted by Crippen LogP contribution is -2.06. The molecule has 10 nitrogen and oxygen atoms in total. The second-order valence-corrected chi connectivity index (χ2v) is 33.2. The molecule has 22 aromatic rings. The average Bonchev–Trinajstić information content (AvgIpc) is 1.61. The molecule has 0 amide bonds. The fourth-order valence-corrected chi connectivity index (χ4v) is 20.9. The van der Waals surface area contributed by atoms with Gasteiger partial charge in [0.25, 0.3) is 0 Å². The largest absolute Gasteiger partial charge is 0.309 e. The Labute approximate surface area is 710 Å². The summed E-state index contributed by atoms with van der Waals surface area (Å²) in [6.07, 6.45) is 0. The predicted molar refractivity (Wildman–Crippen MR) is 498 cm³/mol. The molecule has 0 spiro atoms. The predicted octanol–water partition coefficient (Wildman–Crippen LogP) is 28.4. The number of fused-ring (bicyclic) bond motifs is 9. The van der Waals surface area contributed by atoms with Crippen molar-refractivity contribution in [2.24, 2.45) is 0 Å². The standard InChI is InChI=1S/C37H23N3S.C37H24N2S.C34H21N5S/c1-2-10-25(11-3-1)37-38-30-15-9-19-34-35(30)40(37)33-18-8-14-27(36(33)41-34)24-20-22-26(23-21-24)39-31-16-6-4-12-28(31)29-13-5-7-17-32(29)39;1-4-12-25(13-5-1)28-22-29(26-14-6-2-7-15-26)24-30(23-28)31-18-10-20-33-36(31)40-34-21-11-19-32-35(34)39(33)37(38-32)27-16-8-3-9-17-27;1-4-12-22(13-5-1)31-36-32(23-14-6-2-7-15-23)38-33(37-31)25-18-10-20-27-30(25)40-28-21-11-19-26-29(28)39(27)34(35-26)24-16-8-3-9-17-24/h1-23H;1-24H;1-21H. The van der Waals surface area contributed by atoms with Crippen molar-refractivity contribution in [1.29, 1.82) is 0 Å². The lowest BCUT2D eigenvalue weighted by molar-refractivity contribution is 1.02. The van der Waals surface area contributed by atoms with Crippen molar-refractivity contribution in [3.05, 3.63) is 413 Å². The van der Waals surface area contributed by atoms with E-state index >= 15 is 0 Å². The molecule has 0 unspecified atom stereocenters. The first-order valence-corrected chi connectivity index (χ1v) is 42.8. The fourth-order valence-electron chi connectivity index (χ4n) is 17.3. The monoisotopic (exact) mass is 1600 g/mol. The molecule has 0 saturated heterocycles. The molecule has 3 aliphatic heterocycles. The molecular weight excluding hydrogens is 1530 g/mol. The summed E-state index contributed by atoms with van der Waals surface area (Å²) in [6.45, 7) is 0. The van der Waals surface area contributed by atoms with Gasteiger partial charge in [0.1, 0.15) is 17.5 Å². The van der Waals surface area contributed by atoms with E-state index in [4.69, 9.17) is 29.9 Å². The van der Waals surface area contributed by atoms with Crippen molar-refractivity contribution in [2.45, 2.75) is 29.4 Å². The molecule has 8 heterocycles. The van der Waals surface area contributed by atoms with Gasteiger partial charge < -0.3 is 4.57 Å². The second kappa shape index (κ2) is 30.2. The zero-order valence-electron chi connectivity index (χ0n) is 65.0. The van der Waals surface area contributed by atoms with E-state index in [1.807, 2.05) is 90.3 Å². The molecular formula is C108H68N10S3. The number of hydrogen-bond donors (Lipinski definition) is 0. The highest BCUT2D eigenvalue weighted by Crippen LogP contribution is 2.53. The minimum Gasteiger partial charge on any atom is -0.309 e. The number of imidazole rings is 3. The highest BCUT2D eigenvalue weighted by Gasteiger charge is 2.32. The van der Waals surface area contributed by atoms with Crippen LogP contribution in [0, 0.1) is 0 Å². The molecule has 0 radical (unpaired) electrons. The average molecular weight is 1600 g/mol. The van der Waals surface area contributed by atoms with E-state index in [1.165, 1.54) is 108 Å². The van der Waals surface area contributed by atoms with E-state index in [0.29, 0.717) is 17.5 Å². The molecule has 25 rings (SSSR count). The van der Waals surface area contributed by atoms with Crippen molar-refractivity contribution in [1.82, 2.24) is 48.2 Å². The maximum absolute atomic E-state index is 5.11. The third kappa shape index (κ3) is 12.6. The summed E-state index contributed by atoms with van der Waals surface area (Å²) in [5.41, 5.74) is 29.5. The van der Waals surface area contributed by atoms with Crippen molar-refractivity contribution in [3.8, 4) is 136 Å². The Morgan fingerprint density at radius 1 is 0.190 bits per heavy atom. The van der Waals surface area contributed by atoms with Gasteiger partial charge in [0.2, 0.25) is 0 Å². The summed E-state index contributed by atoms with van der Waals surface area (Å²) < 4.78 is 9.36. The molecule has 0 aliphatic carbocycles. The topological polar surface area (TPSA) is 97.1 Å². The van der Waals surface area contributed by atoms with E-state index < -0.39 is 0 Å². The minimum absolute atomic E-state index is 0.647. The van der Waals surface area contributed by atoms with Gasteiger partial charge in [0.05, 0.1) is 61.2 Å². The van der Waals surface area contributed by atoms with Crippen LogP contribution < -0.4 is 0 Å². The van der Waals surface area contributed by atoms with Gasteiger partial charge in [0, 0.05) is 79.2 Å². The van der Waals surface area contributed by atoms with Crippen LogP contribution in [0.15, 0.2) is 442 Å². The molecule has 0 N–H and O–H groups in total. The van der Waals surface area contributed by atoms with Crippen LogP contribution in [0.4, 0.5) is 0 Å². The lowest BCUT2D eigenvalue weighted by Gasteiger charge is -2.23. The number of benzene rings is 17. The number of para-hydroxylation sites is 5. The minimum atomic E-state index is 0.647. The maximum atomic E-state index is 5.11. The molecule has 121 heavy (non-hydrogen) atoms. The number of aromatic nitrogens is 10. The molecule has 568 valence electrons. The summed E-state index contributed by atoms with van der Waals surface area (Å²) in [4.78, 5) is 37.4. The maximum Gasteiger partial charge on any atom is 0.165 e. The molecule has 5 aromatic heterocycles. The third-order valence-corrected chi connectivity index (χ3v) is 26.3. The third-order valence-electron chi connectivity index (χ3n) is 22.8. The van der Waals surface area contributed by atoms with E-state index in [9.17, 15) is 0 Å². The lowest BCUT2D eigenvalue weighted by atomic mass is 9.93. The van der Waals surface area contributed by atoms with Crippen LogP contribution in [0.1, 0.15) is 0 Å². The Hall–Kier alpha value is -15.0. The van der Waals surface area contributed by atoms with Crippen molar-refractivity contribution >= 4 is 90.2 Å². The van der Waals surface area contributed by atoms with E-state index in [2.05, 4.69) is 364 Å². The zero-order valence-corrected chi connectivity index (χ0v) is 67.4. The van der Waals surface area contributed by atoms with Gasteiger partial charge in [-0.15, -0.1) is 0 Å². The van der Waals surface area contributed by atoms with Gasteiger partial charge in [-0.25, -0.2) is 29.9 Å². The quantitative estimate of drug-likeness (QED) is 0.125. The van der Waals surface area contributed by atoms with E-state index in [-0.39, 0.29) is 0 Å². The van der Waals surface area contributed by atoms with Crippen LogP contribution in [0.5, 0.6) is 0 Å². The first-order chi connectivity index (χ1) is 60.0. The van der Waals surface area contributed by atoms with Gasteiger partial charge in [-0.05, 0) is 148 Å². The number of nitrogens with zero attached hydrogens (tertiary/aromatic N) is 10. The highest BCUT2D eigenvalue weighted by molar-refractivity contribution is 8.00. The van der Waals surface area contributed by atoms with Crippen LogP contribution in [-0.4, -0.2) is 48.2 Å². The molecule has 0 bridgehead atoms. The second-order valence-electron chi connectivity index (χ2n) is 30.0. The van der Waals surface area contributed by atoms with Crippen molar-refractivity contribution < 1.29 is 0 Å². The summed E-state index contributed by atoms with van der Waals surface area (Å²) in [5.74, 6) is 4.83. The van der Waals surface area contributed by atoms with Gasteiger partial charge >= 0.3 is 0 Å². The van der Waals surface area contributed by atoms with Gasteiger partial charge in [-0.3, -0.25) is 13.7 Å². The Bertz CT molecular complexity index is 7300. The number of hydrogen-bond acceptors (Lipinski definition) is 9. The van der Waals surface area contributed by atoms with Crippen LogP contribution >= 0.6 is 35.3 Å². The smallest absolute Gasteiger partial charge is 0.165 e. The molecule has 17 aromatic carbocycles. The highest BCUT2D eigenvalue weighted by atomic mass is 32.2. The van der Waals surface area contributed by atoms with Crippen molar-refractivity contribution in [3.63, 3.8) is 0 Å². The first-order valence-electron chi connectivity index (χ1n) is 40.4. The van der Waals surface area contributed by atoms with Crippen LogP contribution in [0.2, 0.25) is 0 Å². The summed E-state index contributed by atoms with van der Waals surface area (Å²) in [6, 6.07) is 145. The van der Waals surface area contributed by atoms with Gasteiger partial charge in [-0.2, -0.15) is 0 Å². The summed E-state index contributed by atoms with van der Waals surface area (Å²) in [7, 11) is 0. The van der Waals surface area contributed by atoms with Crippen molar-refractivity contribution in [2.75, 3.05) is 0 Å². The Balaban J connectivity index is 0.000000106. The Kier molecular flexibility index (Phi) is 17.8. The molecule has 13 heteroatoms. The van der Waals surface area contributed by atoms with Crippen LogP contribution in [0.25, 0.3) is 190 Å². The summed E-state index contributed by atoms with van der Waals surface area (Å²) in [5, 5.41) is 2.56. The molecule has 3 aliphatic rings.